The van der Waals surface area contributed by atoms with Gasteiger partial charge in [-0.15, -0.1) is 0 Å². The second-order valence-electron chi connectivity index (χ2n) is 5.37. The minimum absolute atomic E-state index is 0.00957. The highest BCUT2D eigenvalue weighted by Crippen LogP contribution is 2.31. The lowest BCUT2D eigenvalue weighted by atomic mass is 10.1. The largest absolute Gasteiger partial charge is 0.325 e. The Balaban J connectivity index is 1.56. The summed E-state index contributed by atoms with van der Waals surface area (Å²) in [6.07, 6.45) is 1.73. The molecule has 0 saturated heterocycles. The number of amides is 1. The predicted octanol–water partition coefficient (Wildman–Crippen LogP) is 3.18. The van der Waals surface area contributed by atoms with E-state index in [1.54, 1.807) is 6.07 Å². The summed E-state index contributed by atoms with van der Waals surface area (Å²) in [4.78, 5) is 11.9. The van der Waals surface area contributed by atoms with Gasteiger partial charge < -0.3 is 10.6 Å². The van der Waals surface area contributed by atoms with Crippen LogP contribution >= 0.6 is 0 Å². The number of benzene rings is 2. The minimum atomic E-state index is -0.347. The van der Waals surface area contributed by atoms with Gasteiger partial charge in [0.15, 0.2) is 0 Å². The van der Waals surface area contributed by atoms with Crippen LogP contribution in [0.4, 0.5) is 14.5 Å². The molecule has 0 spiro atoms. The third-order valence-corrected chi connectivity index (χ3v) is 3.82. The summed E-state index contributed by atoms with van der Waals surface area (Å²) in [5.41, 5.74) is 2.60. The fraction of sp³-hybridized carbons (Fsp3) is 0.235. The SMILES string of the molecule is O=C(CNC1CCc2ccc(F)cc21)Nc1ccc(F)cc1. The van der Waals surface area contributed by atoms with Crippen molar-refractivity contribution < 1.29 is 13.6 Å². The molecule has 0 aliphatic heterocycles. The molecule has 0 saturated carbocycles. The van der Waals surface area contributed by atoms with E-state index < -0.39 is 0 Å². The van der Waals surface area contributed by atoms with Gasteiger partial charge >= 0.3 is 0 Å². The Bertz CT molecular complexity index is 686. The van der Waals surface area contributed by atoms with E-state index in [0.717, 1.165) is 24.0 Å². The van der Waals surface area contributed by atoms with E-state index in [9.17, 15) is 13.6 Å². The average Bonchev–Trinajstić information content (AvgIpc) is 2.90. The molecule has 22 heavy (non-hydrogen) atoms. The van der Waals surface area contributed by atoms with E-state index >= 15 is 0 Å². The van der Waals surface area contributed by atoms with Crippen LogP contribution in [0.5, 0.6) is 0 Å². The molecule has 2 N–H and O–H groups in total. The standard InChI is InChI=1S/C17H16F2N2O/c18-12-4-6-14(7-5-12)21-17(22)10-20-16-8-2-11-1-3-13(19)9-15(11)16/h1,3-7,9,16,20H,2,8,10H2,(H,21,22). The molecule has 1 aliphatic rings. The lowest BCUT2D eigenvalue weighted by Crippen LogP contribution is -2.30. The van der Waals surface area contributed by atoms with Gasteiger partial charge in [-0.3, -0.25) is 4.79 Å². The van der Waals surface area contributed by atoms with Crippen LogP contribution in [0.15, 0.2) is 42.5 Å². The summed E-state index contributed by atoms with van der Waals surface area (Å²) in [7, 11) is 0. The summed E-state index contributed by atoms with van der Waals surface area (Å²) in [5, 5.41) is 5.83. The van der Waals surface area contributed by atoms with Gasteiger partial charge in [0, 0.05) is 11.7 Å². The monoisotopic (exact) mass is 302 g/mol. The zero-order chi connectivity index (χ0) is 15.5. The first-order valence-corrected chi connectivity index (χ1v) is 7.19. The number of aryl methyl sites for hydroxylation is 1. The number of anilines is 1. The van der Waals surface area contributed by atoms with Crippen LogP contribution in [0, 0.1) is 11.6 Å². The molecule has 2 aromatic rings. The fourth-order valence-electron chi connectivity index (χ4n) is 2.74. The van der Waals surface area contributed by atoms with Gasteiger partial charge in [-0.05, 0) is 60.4 Å². The highest BCUT2D eigenvalue weighted by molar-refractivity contribution is 5.92. The van der Waals surface area contributed by atoms with Gasteiger partial charge in [-0.25, -0.2) is 8.78 Å². The predicted molar refractivity (Wildman–Crippen MR) is 80.5 cm³/mol. The Morgan fingerprint density at radius 1 is 1.09 bits per heavy atom. The van der Waals surface area contributed by atoms with Crippen LogP contribution in [0.3, 0.4) is 0 Å². The molecule has 3 rings (SSSR count). The van der Waals surface area contributed by atoms with Crippen molar-refractivity contribution in [1.82, 2.24) is 5.32 Å². The molecule has 0 aromatic heterocycles. The van der Waals surface area contributed by atoms with Crippen molar-refractivity contribution in [2.75, 3.05) is 11.9 Å². The number of rotatable bonds is 4. The van der Waals surface area contributed by atoms with E-state index in [1.165, 1.54) is 36.4 Å². The van der Waals surface area contributed by atoms with Crippen LogP contribution in [0.2, 0.25) is 0 Å². The summed E-state index contributed by atoms with van der Waals surface area (Å²) in [6, 6.07) is 10.4. The van der Waals surface area contributed by atoms with Crippen molar-refractivity contribution in [3.63, 3.8) is 0 Å². The molecule has 114 valence electrons. The lowest BCUT2D eigenvalue weighted by molar-refractivity contribution is -0.115. The molecule has 5 heteroatoms. The number of fused-ring (bicyclic) bond motifs is 1. The number of hydrogen-bond acceptors (Lipinski definition) is 2. The summed E-state index contributed by atoms with van der Waals surface area (Å²) in [5.74, 6) is -0.819. The summed E-state index contributed by atoms with van der Waals surface area (Å²) >= 11 is 0. The van der Waals surface area contributed by atoms with Gasteiger partial charge in [0.05, 0.1) is 6.54 Å². The van der Waals surface area contributed by atoms with Crippen molar-refractivity contribution in [2.24, 2.45) is 0 Å². The minimum Gasteiger partial charge on any atom is -0.325 e. The zero-order valence-electron chi connectivity index (χ0n) is 11.9. The first kappa shape index (κ1) is 14.7. The molecule has 3 nitrogen and oxygen atoms in total. The smallest absolute Gasteiger partial charge is 0.238 e. The number of carbonyl (C=O) groups excluding carboxylic acids is 1. The van der Waals surface area contributed by atoms with Gasteiger partial charge in [-0.1, -0.05) is 6.07 Å². The van der Waals surface area contributed by atoms with Crippen LogP contribution < -0.4 is 10.6 Å². The van der Waals surface area contributed by atoms with Gasteiger partial charge in [0.25, 0.3) is 0 Å². The summed E-state index contributed by atoms with van der Waals surface area (Å²) in [6.45, 7) is 0.123. The van der Waals surface area contributed by atoms with Gasteiger partial charge in [-0.2, -0.15) is 0 Å². The average molecular weight is 302 g/mol. The quantitative estimate of drug-likeness (QED) is 0.911. The molecule has 0 fully saturated rings. The molecule has 0 bridgehead atoms. The third kappa shape index (κ3) is 3.31. The topological polar surface area (TPSA) is 41.1 Å². The number of carbonyl (C=O) groups is 1. The van der Waals surface area contributed by atoms with Gasteiger partial charge in [0.1, 0.15) is 11.6 Å². The maximum Gasteiger partial charge on any atom is 0.238 e. The highest BCUT2D eigenvalue weighted by atomic mass is 19.1. The second-order valence-corrected chi connectivity index (χ2v) is 5.37. The first-order valence-electron chi connectivity index (χ1n) is 7.19. The van der Waals surface area contributed by atoms with Crippen molar-refractivity contribution in [2.45, 2.75) is 18.9 Å². The number of hydrogen-bond donors (Lipinski definition) is 2. The Labute approximate surface area is 127 Å². The van der Waals surface area contributed by atoms with Crippen LogP contribution in [0.1, 0.15) is 23.6 Å². The zero-order valence-corrected chi connectivity index (χ0v) is 11.9. The third-order valence-electron chi connectivity index (χ3n) is 3.82. The maximum atomic E-state index is 13.3. The Morgan fingerprint density at radius 3 is 2.59 bits per heavy atom. The van der Waals surface area contributed by atoms with E-state index in [2.05, 4.69) is 10.6 Å². The van der Waals surface area contributed by atoms with Crippen molar-refractivity contribution in [3.05, 3.63) is 65.2 Å². The second kappa shape index (κ2) is 6.23. The maximum absolute atomic E-state index is 13.3. The molecule has 1 unspecified atom stereocenters. The molecule has 2 aromatic carbocycles. The summed E-state index contributed by atoms with van der Waals surface area (Å²) < 4.78 is 26.1. The number of halogens is 2. The van der Waals surface area contributed by atoms with Crippen molar-refractivity contribution in [3.8, 4) is 0 Å². The van der Waals surface area contributed by atoms with E-state index in [4.69, 9.17) is 0 Å². The molecule has 1 amide bonds. The molecule has 0 heterocycles. The van der Waals surface area contributed by atoms with E-state index in [0.29, 0.717) is 5.69 Å². The molecule has 1 aliphatic carbocycles. The molecular formula is C17H16F2N2O. The number of nitrogens with one attached hydrogen (secondary N) is 2. The Hall–Kier alpha value is -2.27. The van der Waals surface area contributed by atoms with Gasteiger partial charge in [0.2, 0.25) is 5.91 Å². The lowest BCUT2D eigenvalue weighted by Gasteiger charge is -2.14. The highest BCUT2D eigenvalue weighted by Gasteiger charge is 2.23. The molecule has 1 atom stereocenters. The van der Waals surface area contributed by atoms with E-state index in [1.807, 2.05) is 0 Å². The molecular weight excluding hydrogens is 286 g/mol. The first-order chi connectivity index (χ1) is 10.6. The van der Waals surface area contributed by atoms with Crippen LogP contribution in [-0.4, -0.2) is 12.5 Å². The van der Waals surface area contributed by atoms with Crippen molar-refractivity contribution in [1.29, 1.82) is 0 Å². The van der Waals surface area contributed by atoms with Crippen LogP contribution in [-0.2, 0) is 11.2 Å². The van der Waals surface area contributed by atoms with Crippen LogP contribution in [0.25, 0.3) is 0 Å². The van der Waals surface area contributed by atoms with E-state index in [-0.39, 0.29) is 30.1 Å². The Morgan fingerprint density at radius 2 is 1.82 bits per heavy atom. The fourth-order valence-corrected chi connectivity index (χ4v) is 2.74. The van der Waals surface area contributed by atoms with Crippen molar-refractivity contribution >= 4 is 11.6 Å². The Kier molecular flexibility index (Phi) is 4.15. The normalized spacial score (nSPS) is 16.4. The molecule has 0 radical (unpaired) electrons.